The summed E-state index contributed by atoms with van der Waals surface area (Å²) in [6, 6.07) is 6.29. The van der Waals surface area contributed by atoms with Crippen molar-refractivity contribution in [2.24, 2.45) is 5.92 Å². The van der Waals surface area contributed by atoms with Crippen molar-refractivity contribution in [2.45, 2.75) is 37.2 Å². The van der Waals surface area contributed by atoms with Gasteiger partial charge in [-0.05, 0) is 49.3 Å². The molecule has 2 aliphatic carbocycles. The first kappa shape index (κ1) is 13.6. The smallest absolute Gasteiger partial charge is 0.232 e. The van der Waals surface area contributed by atoms with Crippen LogP contribution in [0.5, 0.6) is 0 Å². The molecule has 0 bridgehead atoms. The minimum Gasteiger partial charge on any atom is -0.393 e. The molecule has 20 heavy (non-hydrogen) atoms. The first-order chi connectivity index (χ1) is 9.51. The summed E-state index contributed by atoms with van der Waals surface area (Å²) in [7, 11) is 1.83. The van der Waals surface area contributed by atoms with Crippen LogP contribution in [0.3, 0.4) is 0 Å². The van der Waals surface area contributed by atoms with E-state index in [1.165, 1.54) is 12.1 Å². The summed E-state index contributed by atoms with van der Waals surface area (Å²) in [5, 5.41) is 9.31. The molecular formula is C16H20FNO2. The number of hydrogen-bond donors (Lipinski definition) is 1. The van der Waals surface area contributed by atoms with Gasteiger partial charge in [-0.2, -0.15) is 0 Å². The van der Waals surface area contributed by atoms with E-state index in [4.69, 9.17) is 0 Å². The number of carbonyl (C=O) groups excluding carboxylic acids is 1. The van der Waals surface area contributed by atoms with Crippen molar-refractivity contribution >= 4 is 5.91 Å². The number of amides is 1. The second-order valence-electron chi connectivity index (χ2n) is 6.27. The first-order valence-electron chi connectivity index (χ1n) is 7.21. The third-order valence-electron chi connectivity index (χ3n) is 4.65. The number of rotatable bonds is 4. The zero-order valence-electron chi connectivity index (χ0n) is 11.7. The maximum Gasteiger partial charge on any atom is 0.232 e. The maximum atomic E-state index is 13.0. The second kappa shape index (κ2) is 4.85. The van der Waals surface area contributed by atoms with E-state index in [2.05, 4.69) is 0 Å². The van der Waals surface area contributed by atoms with Gasteiger partial charge in [0.25, 0.3) is 0 Å². The van der Waals surface area contributed by atoms with E-state index < -0.39 is 5.41 Å². The van der Waals surface area contributed by atoms with Gasteiger partial charge in [0.15, 0.2) is 0 Å². The van der Waals surface area contributed by atoms with E-state index in [0.29, 0.717) is 12.5 Å². The van der Waals surface area contributed by atoms with Crippen LogP contribution in [-0.4, -0.2) is 35.6 Å². The Bertz CT molecular complexity index is 504. The van der Waals surface area contributed by atoms with Crippen molar-refractivity contribution in [1.82, 2.24) is 4.90 Å². The van der Waals surface area contributed by atoms with Crippen LogP contribution in [0.25, 0.3) is 0 Å². The molecule has 0 spiro atoms. The third-order valence-corrected chi connectivity index (χ3v) is 4.65. The van der Waals surface area contributed by atoms with Gasteiger partial charge < -0.3 is 10.0 Å². The van der Waals surface area contributed by atoms with Crippen LogP contribution in [-0.2, 0) is 10.2 Å². The second-order valence-corrected chi connectivity index (χ2v) is 6.27. The van der Waals surface area contributed by atoms with Crippen LogP contribution in [0.1, 0.15) is 31.2 Å². The van der Waals surface area contributed by atoms with Gasteiger partial charge in [-0.15, -0.1) is 0 Å². The minimum absolute atomic E-state index is 0.130. The molecular weight excluding hydrogens is 257 g/mol. The van der Waals surface area contributed by atoms with Crippen LogP contribution < -0.4 is 0 Å². The highest BCUT2D eigenvalue weighted by atomic mass is 19.1. The minimum atomic E-state index is -0.426. The Hall–Kier alpha value is -1.42. The van der Waals surface area contributed by atoms with Crippen molar-refractivity contribution in [3.8, 4) is 0 Å². The summed E-state index contributed by atoms with van der Waals surface area (Å²) in [5.74, 6) is 0.280. The van der Waals surface area contributed by atoms with Crippen molar-refractivity contribution in [1.29, 1.82) is 0 Å². The quantitative estimate of drug-likeness (QED) is 0.915. The molecule has 1 N–H and O–H groups in total. The summed E-state index contributed by atoms with van der Waals surface area (Å²) < 4.78 is 13.0. The molecule has 108 valence electrons. The number of aliphatic hydroxyl groups excluding tert-OH is 1. The summed E-state index contributed by atoms with van der Waals surface area (Å²) in [5.41, 5.74) is 0.495. The van der Waals surface area contributed by atoms with Gasteiger partial charge in [0.1, 0.15) is 5.82 Å². The lowest BCUT2D eigenvalue weighted by Gasteiger charge is -2.35. The van der Waals surface area contributed by atoms with Crippen LogP contribution in [0.2, 0.25) is 0 Å². The molecule has 1 aromatic carbocycles. The fraction of sp³-hybridized carbons (Fsp3) is 0.562. The van der Waals surface area contributed by atoms with Gasteiger partial charge >= 0.3 is 0 Å². The molecule has 0 aliphatic heterocycles. The number of likely N-dealkylation sites (N-methyl/N-ethyl adjacent to an activating group) is 1. The fourth-order valence-corrected chi connectivity index (χ4v) is 3.21. The molecule has 3 nitrogen and oxygen atoms in total. The van der Waals surface area contributed by atoms with Crippen LogP contribution in [0.15, 0.2) is 24.3 Å². The Morgan fingerprint density at radius 3 is 2.45 bits per heavy atom. The number of benzene rings is 1. The number of nitrogens with zero attached hydrogens (tertiary/aromatic N) is 1. The lowest BCUT2D eigenvalue weighted by molar-refractivity contribution is -0.134. The molecule has 2 fully saturated rings. The molecule has 0 aromatic heterocycles. The highest BCUT2D eigenvalue weighted by Gasteiger charge is 2.52. The van der Waals surface area contributed by atoms with Gasteiger partial charge in [0.2, 0.25) is 5.91 Å². The van der Waals surface area contributed by atoms with Crippen molar-refractivity contribution in [2.75, 3.05) is 13.6 Å². The molecule has 4 heteroatoms. The summed E-state index contributed by atoms with van der Waals surface area (Å²) in [6.45, 7) is 0.707. The Labute approximate surface area is 118 Å². The predicted molar refractivity (Wildman–Crippen MR) is 73.7 cm³/mol. The molecule has 0 saturated heterocycles. The van der Waals surface area contributed by atoms with Crippen molar-refractivity contribution < 1.29 is 14.3 Å². The van der Waals surface area contributed by atoms with E-state index in [1.54, 1.807) is 17.0 Å². The van der Waals surface area contributed by atoms with E-state index in [0.717, 1.165) is 31.2 Å². The van der Waals surface area contributed by atoms with E-state index >= 15 is 0 Å². The van der Waals surface area contributed by atoms with Gasteiger partial charge in [-0.1, -0.05) is 12.1 Å². The standard InChI is InChI=1S/C16H20FNO2/c1-18(10-11-8-14(19)9-11)15(20)16(6-7-16)12-2-4-13(17)5-3-12/h2-5,11,14,19H,6-10H2,1H3. The summed E-state index contributed by atoms with van der Waals surface area (Å²) in [6.07, 6.45) is 3.09. The number of aliphatic hydroxyl groups is 1. The maximum absolute atomic E-state index is 13.0. The lowest BCUT2D eigenvalue weighted by Crippen LogP contribution is -2.43. The van der Waals surface area contributed by atoms with E-state index in [9.17, 15) is 14.3 Å². The van der Waals surface area contributed by atoms with Crippen LogP contribution in [0, 0.1) is 11.7 Å². The van der Waals surface area contributed by atoms with Gasteiger partial charge in [-0.25, -0.2) is 4.39 Å². The fourth-order valence-electron chi connectivity index (χ4n) is 3.21. The first-order valence-corrected chi connectivity index (χ1v) is 7.21. The van der Waals surface area contributed by atoms with Crippen molar-refractivity contribution in [3.63, 3.8) is 0 Å². The Morgan fingerprint density at radius 2 is 1.95 bits per heavy atom. The normalized spacial score (nSPS) is 26.8. The molecule has 2 aliphatic rings. The zero-order chi connectivity index (χ0) is 14.3. The van der Waals surface area contributed by atoms with Gasteiger partial charge in [-0.3, -0.25) is 4.79 Å². The molecule has 3 rings (SSSR count). The van der Waals surface area contributed by atoms with Crippen molar-refractivity contribution in [3.05, 3.63) is 35.6 Å². The predicted octanol–water partition coefficient (Wildman–Crippen LogP) is 2.09. The monoisotopic (exact) mass is 277 g/mol. The van der Waals surface area contributed by atoms with Gasteiger partial charge in [0, 0.05) is 13.6 Å². The van der Waals surface area contributed by atoms with Crippen LogP contribution >= 0.6 is 0 Å². The van der Waals surface area contributed by atoms with E-state index in [1.807, 2.05) is 7.05 Å². The summed E-state index contributed by atoms with van der Waals surface area (Å²) in [4.78, 5) is 14.4. The lowest BCUT2D eigenvalue weighted by atomic mass is 9.82. The Balaban J connectivity index is 1.68. The molecule has 2 saturated carbocycles. The number of carbonyl (C=O) groups is 1. The highest BCUT2D eigenvalue weighted by Crippen LogP contribution is 2.49. The highest BCUT2D eigenvalue weighted by molar-refractivity contribution is 5.91. The SMILES string of the molecule is CN(CC1CC(O)C1)C(=O)C1(c2ccc(F)cc2)CC1. The number of halogens is 1. The Morgan fingerprint density at radius 1 is 1.35 bits per heavy atom. The number of hydrogen-bond acceptors (Lipinski definition) is 2. The summed E-state index contributed by atoms with van der Waals surface area (Å²) >= 11 is 0. The average molecular weight is 277 g/mol. The topological polar surface area (TPSA) is 40.5 Å². The molecule has 0 heterocycles. The zero-order valence-corrected chi connectivity index (χ0v) is 11.7. The Kier molecular flexibility index (Phi) is 3.28. The van der Waals surface area contributed by atoms with Crippen LogP contribution in [0.4, 0.5) is 4.39 Å². The molecule has 1 amide bonds. The molecule has 0 atom stereocenters. The van der Waals surface area contributed by atoms with Gasteiger partial charge in [0.05, 0.1) is 11.5 Å². The third kappa shape index (κ3) is 2.33. The molecule has 0 unspecified atom stereocenters. The molecule has 0 radical (unpaired) electrons. The molecule has 1 aromatic rings. The average Bonchev–Trinajstić information content (AvgIpc) is 3.18. The largest absolute Gasteiger partial charge is 0.393 e. The van der Waals surface area contributed by atoms with E-state index in [-0.39, 0.29) is 17.8 Å².